The predicted octanol–water partition coefficient (Wildman–Crippen LogP) is 0.246. The summed E-state index contributed by atoms with van der Waals surface area (Å²) in [6.45, 7) is -0.161. The highest BCUT2D eigenvalue weighted by Gasteiger charge is 2.36. The first kappa shape index (κ1) is 21.3. The van der Waals surface area contributed by atoms with Crippen LogP contribution >= 0.6 is 0 Å². The lowest BCUT2D eigenvalue weighted by Gasteiger charge is -2.27. The molecule has 0 saturated carbocycles. The molecule has 1 aromatic rings. The van der Waals surface area contributed by atoms with E-state index >= 15 is 0 Å². The number of amides is 1. The van der Waals surface area contributed by atoms with E-state index in [2.05, 4.69) is 10.0 Å². The topological polar surface area (TPSA) is 112 Å². The Morgan fingerprint density at radius 3 is 2.48 bits per heavy atom. The Hall–Kier alpha value is -1.98. The molecule has 2 rings (SSSR count). The molecule has 10 heteroatoms. The zero-order valence-corrected chi connectivity index (χ0v) is 16.2. The van der Waals surface area contributed by atoms with Crippen LogP contribution in [0, 0.1) is 0 Å². The van der Waals surface area contributed by atoms with Gasteiger partial charge in [-0.3, -0.25) is 4.79 Å². The smallest absolute Gasteiger partial charge is 0.251 e. The van der Waals surface area contributed by atoms with Gasteiger partial charge in [-0.05, 0) is 36.4 Å². The van der Waals surface area contributed by atoms with Gasteiger partial charge in [-0.15, -0.1) is 0 Å². The fraction of sp³-hybridized carbons (Fsp3) is 0.471. The van der Waals surface area contributed by atoms with Gasteiger partial charge >= 0.3 is 0 Å². The highest BCUT2D eigenvalue weighted by atomic mass is 32.2. The lowest BCUT2D eigenvalue weighted by atomic mass is 10.2. The summed E-state index contributed by atoms with van der Waals surface area (Å²) in [4.78, 5) is 12.0. The van der Waals surface area contributed by atoms with Crippen molar-refractivity contribution >= 4 is 15.9 Å². The van der Waals surface area contributed by atoms with E-state index in [-0.39, 0.29) is 24.7 Å². The summed E-state index contributed by atoms with van der Waals surface area (Å²) in [5, 5.41) is 2.56. The van der Waals surface area contributed by atoms with Gasteiger partial charge in [0.05, 0.1) is 19.4 Å². The summed E-state index contributed by atoms with van der Waals surface area (Å²) in [5.41, 5.74) is 0.412. The van der Waals surface area contributed by atoms with Crippen molar-refractivity contribution in [3.05, 3.63) is 42.0 Å². The van der Waals surface area contributed by atoms with Gasteiger partial charge in [0.15, 0.2) is 6.29 Å². The molecule has 0 spiro atoms. The third-order valence-corrected chi connectivity index (χ3v) is 5.27. The maximum absolute atomic E-state index is 12.2. The summed E-state index contributed by atoms with van der Waals surface area (Å²) in [6, 6.07) is 6.50. The van der Waals surface area contributed by atoms with Gasteiger partial charge < -0.3 is 24.3 Å². The van der Waals surface area contributed by atoms with Gasteiger partial charge in [-0.25, -0.2) is 13.1 Å². The maximum Gasteiger partial charge on any atom is 0.251 e. The second kappa shape index (κ2) is 9.29. The summed E-state index contributed by atoms with van der Waals surface area (Å²) < 4.78 is 47.5. The normalized spacial score (nSPS) is 22.0. The Kier molecular flexibility index (Phi) is 7.33. The molecule has 0 fully saturated rings. The molecule has 1 heterocycles. The van der Waals surface area contributed by atoms with Gasteiger partial charge in [0.25, 0.3) is 5.91 Å². The monoisotopic (exact) mass is 400 g/mol. The van der Waals surface area contributed by atoms with Crippen molar-refractivity contribution in [1.82, 2.24) is 10.0 Å². The number of nitrogens with one attached hydrogen (secondary N) is 2. The molecule has 2 atom stereocenters. The summed E-state index contributed by atoms with van der Waals surface area (Å²) in [5.74, 6) is -1.25. The Morgan fingerprint density at radius 2 is 1.93 bits per heavy atom. The highest BCUT2D eigenvalue weighted by Crippen LogP contribution is 2.24. The molecule has 0 unspecified atom stereocenters. The van der Waals surface area contributed by atoms with Crippen LogP contribution in [0.5, 0.6) is 5.75 Å². The van der Waals surface area contributed by atoms with Gasteiger partial charge in [0, 0.05) is 26.3 Å². The van der Waals surface area contributed by atoms with Crippen LogP contribution in [0.3, 0.4) is 0 Å². The first-order valence-corrected chi connectivity index (χ1v) is 9.83. The van der Waals surface area contributed by atoms with E-state index in [9.17, 15) is 13.2 Å². The van der Waals surface area contributed by atoms with E-state index in [1.807, 2.05) is 0 Å². The molecular weight excluding hydrogens is 376 g/mol. The molecule has 1 aliphatic heterocycles. The van der Waals surface area contributed by atoms with Crippen LogP contribution in [0.2, 0.25) is 0 Å². The van der Waals surface area contributed by atoms with Crippen molar-refractivity contribution in [2.45, 2.75) is 12.1 Å². The van der Waals surface area contributed by atoms with Crippen LogP contribution in [-0.2, 0) is 24.2 Å². The molecule has 0 bridgehead atoms. The number of ether oxygens (including phenoxy) is 4. The molecule has 1 amide bonds. The quantitative estimate of drug-likeness (QED) is 0.541. The van der Waals surface area contributed by atoms with Crippen molar-refractivity contribution in [1.29, 1.82) is 0 Å². The van der Waals surface area contributed by atoms with E-state index in [0.717, 1.165) is 0 Å². The molecule has 0 saturated heterocycles. The van der Waals surface area contributed by atoms with Crippen LogP contribution in [0.4, 0.5) is 0 Å². The average molecular weight is 400 g/mol. The number of sulfonamides is 1. The van der Waals surface area contributed by atoms with E-state index < -0.39 is 22.1 Å². The minimum absolute atomic E-state index is 0.0441. The first-order chi connectivity index (χ1) is 12.8. The molecule has 1 aromatic carbocycles. The van der Waals surface area contributed by atoms with Gasteiger partial charge in [0.2, 0.25) is 15.8 Å². The SMILES string of the molecule is COc1ccc(C(=O)NCCS(=O)(=O)NC[C@]2(OC)C=C[C@H](OC)O2)cc1. The Bertz CT molecular complexity index is 764. The summed E-state index contributed by atoms with van der Waals surface area (Å²) in [6.07, 6.45) is 2.63. The van der Waals surface area contributed by atoms with Gasteiger partial charge in [0.1, 0.15) is 5.75 Å². The number of methoxy groups -OCH3 is 3. The van der Waals surface area contributed by atoms with Crippen molar-refractivity contribution in [2.75, 3.05) is 40.2 Å². The van der Waals surface area contributed by atoms with Crippen molar-refractivity contribution in [3.63, 3.8) is 0 Å². The molecule has 2 N–H and O–H groups in total. The number of rotatable bonds is 10. The minimum atomic E-state index is -3.65. The zero-order chi connectivity index (χ0) is 19.9. The molecule has 150 valence electrons. The molecule has 0 aliphatic carbocycles. The second-order valence-corrected chi connectivity index (χ2v) is 7.65. The lowest BCUT2D eigenvalue weighted by Crippen LogP contribution is -2.46. The van der Waals surface area contributed by atoms with Gasteiger partial charge in [-0.2, -0.15) is 0 Å². The summed E-state index contributed by atoms with van der Waals surface area (Å²) in [7, 11) is 0.758. The standard InChI is InChI=1S/C17H24N2O7S/c1-23-14-6-4-13(5-7-14)16(20)18-10-11-27(21,22)19-12-17(25-3)9-8-15(24-2)26-17/h4-9,15,19H,10-12H2,1-3H3,(H,18,20)/t15-,17+/m1/s1. The van der Waals surface area contributed by atoms with Crippen LogP contribution < -0.4 is 14.8 Å². The molecule has 9 nitrogen and oxygen atoms in total. The summed E-state index contributed by atoms with van der Waals surface area (Å²) >= 11 is 0. The van der Waals surface area contributed by atoms with E-state index in [1.165, 1.54) is 21.3 Å². The van der Waals surface area contributed by atoms with E-state index in [4.69, 9.17) is 18.9 Å². The molecule has 27 heavy (non-hydrogen) atoms. The van der Waals surface area contributed by atoms with Crippen LogP contribution in [0.25, 0.3) is 0 Å². The van der Waals surface area contributed by atoms with Crippen LogP contribution in [-0.4, -0.2) is 66.6 Å². The zero-order valence-electron chi connectivity index (χ0n) is 15.4. The van der Waals surface area contributed by atoms with E-state index in [0.29, 0.717) is 11.3 Å². The first-order valence-electron chi connectivity index (χ1n) is 8.18. The van der Waals surface area contributed by atoms with Crippen molar-refractivity contribution < 1.29 is 32.2 Å². The molecule has 0 aromatic heterocycles. The molecule has 1 aliphatic rings. The number of hydrogen-bond acceptors (Lipinski definition) is 7. The second-order valence-electron chi connectivity index (χ2n) is 5.72. The number of benzene rings is 1. The van der Waals surface area contributed by atoms with E-state index in [1.54, 1.807) is 36.4 Å². The number of hydrogen-bond donors (Lipinski definition) is 2. The minimum Gasteiger partial charge on any atom is -0.497 e. The molecule has 0 radical (unpaired) electrons. The third kappa shape index (κ3) is 6.01. The lowest BCUT2D eigenvalue weighted by molar-refractivity contribution is -0.237. The molecular formula is C17H24N2O7S. The number of carbonyl (C=O) groups is 1. The van der Waals surface area contributed by atoms with Gasteiger partial charge in [-0.1, -0.05) is 0 Å². The Morgan fingerprint density at radius 1 is 1.22 bits per heavy atom. The Labute approximate surface area is 158 Å². The van der Waals surface area contributed by atoms with Crippen LogP contribution in [0.1, 0.15) is 10.4 Å². The van der Waals surface area contributed by atoms with Crippen molar-refractivity contribution in [3.8, 4) is 5.75 Å². The largest absolute Gasteiger partial charge is 0.497 e. The maximum atomic E-state index is 12.2. The highest BCUT2D eigenvalue weighted by molar-refractivity contribution is 7.89. The predicted molar refractivity (Wildman–Crippen MR) is 97.9 cm³/mol. The fourth-order valence-electron chi connectivity index (χ4n) is 2.34. The van der Waals surface area contributed by atoms with Crippen LogP contribution in [0.15, 0.2) is 36.4 Å². The van der Waals surface area contributed by atoms with Crippen molar-refractivity contribution in [2.24, 2.45) is 0 Å². The fourth-order valence-corrected chi connectivity index (χ4v) is 3.28. The number of carbonyl (C=O) groups excluding carboxylic acids is 1. The third-order valence-electron chi connectivity index (χ3n) is 3.95. The Balaban J connectivity index is 1.80. The average Bonchev–Trinajstić information content (AvgIpc) is 3.11.